The van der Waals surface area contributed by atoms with Crippen molar-refractivity contribution in [2.24, 2.45) is 5.92 Å². The summed E-state index contributed by atoms with van der Waals surface area (Å²) in [6.07, 6.45) is 3.44. The van der Waals surface area contributed by atoms with Crippen LogP contribution in [0.4, 0.5) is 0 Å². The van der Waals surface area contributed by atoms with Gasteiger partial charge in [-0.2, -0.15) is 4.31 Å². The molecule has 0 saturated heterocycles. The third kappa shape index (κ3) is 3.49. The first kappa shape index (κ1) is 13.9. The van der Waals surface area contributed by atoms with Crippen molar-refractivity contribution >= 4 is 21.6 Å². The Morgan fingerprint density at radius 3 is 2.78 bits per heavy atom. The molecule has 0 amide bonds. The monoisotopic (exact) mass is 291 g/mol. The van der Waals surface area contributed by atoms with E-state index in [2.05, 4.69) is 0 Å². The lowest BCUT2D eigenvalue weighted by Gasteiger charge is -2.22. The first-order valence-electron chi connectivity index (χ1n) is 6.11. The van der Waals surface area contributed by atoms with Crippen molar-refractivity contribution in [3.8, 4) is 0 Å². The Kier molecular flexibility index (Phi) is 4.35. The van der Waals surface area contributed by atoms with Crippen LogP contribution in [-0.4, -0.2) is 30.4 Å². The van der Waals surface area contributed by atoms with Crippen LogP contribution in [0.5, 0.6) is 0 Å². The normalized spacial score (nSPS) is 18.2. The molecule has 1 saturated carbocycles. The van der Waals surface area contributed by atoms with E-state index in [1.807, 2.05) is 6.92 Å². The highest BCUT2D eigenvalue weighted by molar-refractivity contribution is 7.89. The molecule has 0 radical (unpaired) electrons. The minimum absolute atomic E-state index is 0.0329. The Balaban J connectivity index is 2.09. The number of sulfonamides is 1. The van der Waals surface area contributed by atoms with Crippen molar-refractivity contribution in [3.63, 3.8) is 0 Å². The van der Waals surface area contributed by atoms with Crippen molar-refractivity contribution < 1.29 is 12.8 Å². The van der Waals surface area contributed by atoms with Crippen LogP contribution in [0.3, 0.4) is 0 Å². The Morgan fingerprint density at radius 1 is 1.56 bits per heavy atom. The molecule has 102 valence electrons. The van der Waals surface area contributed by atoms with Crippen LogP contribution in [0, 0.1) is 5.92 Å². The summed E-state index contributed by atoms with van der Waals surface area (Å²) in [5.41, 5.74) is 0. The van der Waals surface area contributed by atoms with Gasteiger partial charge in [-0.1, -0.05) is 6.92 Å². The van der Waals surface area contributed by atoms with E-state index in [0.29, 0.717) is 18.2 Å². The molecule has 0 N–H and O–H groups in total. The molecule has 1 aromatic rings. The maximum absolute atomic E-state index is 12.3. The summed E-state index contributed by atoms with van der Waals surface area (Å²) in [7, 11) is -3.26. The van der Waals surface area contributed by atoms with Crippen LogP contribution in [0.1, 0.15) is 25.5 Å². The molecule has 0 bridgehead atoms. The maximum Gasteiger partial charge on any atom is 0.215 e. The summed E-state index contributed by atoms with van der Waals surface area (Å²) < 4.78 is 31.5. The van der Waals surface area contributed by atoms with Crippen molar-refractivity contribution in [1.82, 2.24) is 4.31 Å². The number of furan rings is 1. The Hall–Kier alpha value is -0.520. The van der Waals surface area contributed by atoms with E-state index in [9.17, 15) is 8.42 Å². The quantitative estimate of drug-likeness (QED) is 0.725. The van der Waals surface area contributed by atoms with Gasteiger partial charge < -0.3 is 4.42 Å². The Labute approximate surface area is 113 Å². The lowest BCUT2D eigenvalue weighted by Crippen LogP contribution is -2.36. The molecule has 1 atom stereocenters. The standard InChI is InChI=1S/C12H18ClNO3S/c1-10(7-13)9-18(15,16)14(11-4-5-11)8-12-3-2-6-17-12/h2-3,6,10-11H,4-5,7-9H2,1H3. The zero-order chi connectivity index (χ0) is 13.2. The minimum Gasteiger partial charge on any atom is -0.468 e. The van der Waals surface area contributed by atoms with Crippen molar-refractivity contribution in [1.29, 1.82) is 0 Å². The summed E-state index contributed by atoms with van der Waals surface area (Å²) in [5.74, 6) is 1.12. The van der Waals surface area contributed by atoms with Gasteiger partial charge >= 0.3 is 0 Å². The molecule has 1 heterocycles. The zero-order valence-corrected chi connectivity index (χ0v) is 12.0. The van der Waals surface area contributed by atoms with Gasteiger partial charge in [-0.3, -0.25) is 0 Å². The smallest absolute Gasteiger partial charge is 0.215 e. The van der Waals surface area contributed by atoms with Crippen molar-refractivity contribution in [3.05, 3.63) is 24.2 Å². The summed E-state index contributed by atoms with van der Waals surface area (Å²) in [4.78, 5) is 0. The predicted octanol–water partition coefficient (Wildman–Crippen LogP) is 2.45. The molecule has 1 unspecified atom stereocenters. The SMILES string of the molecule is CC(CCl)CS(=O)(=O)N(Cc1ccco1)C1CC1. The topological polar surface area (TPSA) is 50.5 Å². The molecule has 4 nitrogen and oxygen atoms in total. The Bertz CT molecular complexity index is 468. The average Bonchev–Trinajstić information content (AvgIpc) is 3.02. The molecule has 1 fully saturated rings. The van der Waals surface area contributed by atoms with Gasteiger partial charge in [0.2, 0.25) is 10.0 Å². The highest BCUT2D eigenvalue weighted by Crippen LogP contribution is 2.31. The van der Waals surface area contributed by atoms with E-state index < -0.39 is 10.0 Å². The molecule has 2 rings (SSSR count). The molecule has 1 aromatic heterocycles. The second-order valence-electron chi connectivity index (χ2n) is 4.89. The molecule has 0 spiro atoms. The van der Waals surface area contributed by atoms with Crippen LogP contribution in [0.15, 0.2) is 22.8 Å². The van der Waals surface area contributed by atoms with Crippen LogP contribution in [0.2, 0.25) is 0 Å². The highest BCUT2D eigenvalue weighted by atomic mass is 35.5. The summed E-state index contributed by atoms with van der Waals surface area (Å²) in [6.45, 7) is 2.18. The average molecular weight is 292 g/mol. The van der Waals surface area contributed by atoms with Crippen LogP contribution >= 0.6 is 11.6 Å². The molecular weight excluding hydrogens is 274 g/mol. The van der Waals surface area contributed by atoms with Gasteiger partial charge in [0.1, 0.15) is 5.76 Å². The van der Waals surface area contributed by atoms with Crippen LogP contribution in [0.25, 0.3) is 0 Å². The fourth-order valence-electron chi connectivity index (χ4n) is 1.87. The molecule has 1 aliphatic carbocycles. The number of hydrogen-bond donors (Lipinski definition) is 0. The zero-order valence-electron chi connectivity index (χ0n) is 10.4. The van der Waals surface area contributed by atoms with Gasteiger partial charge in [0.15, 0.2) is 0 Å². The molecule has 0 aliphatic heterocycles. The van der Waals surface area contributed by atoms with Crippen molar-refractivity contribution in [2.75, 3.05) is 11.6 Å². The second-order valence-corrected chi connectivity index (χ2v) is 7.17. The van der Waals surface area contributed by atoms with Crippen molar-refractivity contribution in [2.45, 2.75) is 32.4 Å². The van der Waals surface area contributed by atoms with Crippen LogP contribution in [-0.2, 0) is 16.6 Å². The van der Waals surface area contributed by atoms with Gasteiger partial charge in [-0.25, -0.2) is 8.42 Å². The molecule has 6 heteroatoms. The maximum atomic E-state index is 12.3. The number of halogens is 1. The largest absolute Gasteiger partial charge is 0.468 e. The van der Waals surface area contributed by atoms with E-state index in [-0.39, 0.29) is 17.7 Å². The van der Waals surface area contributed by atoms with E-state index in [0.717, 1.165) is 12.8 Å². The van der Waals surface area contributed by atoms with E-state index in [1.54, 1.807) is 22.7 Å². The first-order valence-corrected chi connectivity index (χ1v) is 8.25. The lowest BCUT2D eigenvalue weighted by atomic mass is 10.3. The summed E-state index contributed by atoms with van der Waals surface area (Å²) >= 11 is 5.70. The fourth-order valence-corrected chi connectivity index (χ4v) is 4.13. The molecule has 18 heavy (non-hydrogen) atoms. The van der Waals surface area contributed by atoms with E-state index >= 15 is 0 Å². The summed E-state index contributed by atoms with van der Waals surface area (Å²) in [5, 5.41) is 0. The van der Waals surface area contributed by atoms with Gasteiger partial charge in [-0.15, -0.1) is 11.6 Å². The van der Waals surface area contributed by atoms with Gasteiger partial charge in [0.25, 0.3) is 0 Å². The number of nitrogens with zero attached hydrogens (tertiary/aromatic N) is 1. The number of alkyl halides is 1. The third-order valence-electron chi connectivity index (χ3n) is 2.96. The highest BCUT2D eigenvalue weighted by Gasteiger charge is 2.38. The van der Waals surface area contributed by atoms with Gasteiger partial charge in [0, 0.05) is 11.9 Å². The molecular formula is C12H18ClNO3S. The first-order chi connectivity index (χ1) is 8.53. The third-order valence-corrected chi connectivity index (χ3v) is 5.62. The lowest BCUT2D eigenvalue weighted by molar-refractivity contribution is 0.354. The number of hydrogen-bond acceptors (Lipinski definition) is 3. The fraction of sp³-hybridized carbons (Fsp3) is 0.667. The predicted molar refractivity (Wildman–Crippen MR) is 70.9 cm³/mol. The minimum atomic E-state index is -3.26. The second kappa shape index (κ2) is 5.63. The Morgan fingerprint density at radius 2 is 2.28 bits per heavy atom. The molecule has 1 aliphatic rings. The molecule has 0 aromatic carbocycles. The van der Waals surface area contributed by atoms with E-state index in [1.165, 1.54) is 0 Å². The van der Waals surface area contributed by atoms with E-state index in [4.69, 9.17) is 16.0 Å². The van der Waals surface area contributed by atoms with Gasteiger partial charge in [-0.05, 0) is 30.9 Å². The van der Waals surface area contributed by atoms with Crippen LogP contribution < -0.4 is 0 Å². The number of rotatable bonds is 7. The van der Waals surface area contributed by atoms with Gasteiger partial charge in [0.05, 0.1) is 18.6 Å². The summed E-state index contributed by atoms with van der Waals surface area (Å²) in [6, 6.07) is 3.72.